The first-order valence-corrected chi connectivity index (χ1v) is 40.1. The van der Waals surface area contributed by atoms with Crippen LogP contribution in [0.15, 0.2) is 0 Å². The summed E-state index contributed by atoms with van der Waals surface area (Å²) in [6.07, 6.45) is 51.4. The van der Waals surface area contributed by atoms with Crippen LogP contribution >= 0.6 is 15.6 Å². The molecular weight excluding hydrogens is 1190 g/mol. The molecule has 0 heterocycles. The monoisotopic (exact) mass is 1320 g/mol. The number of esters is 4. The summed E-state index contributed by atoms with van der Waals surface area (Å²) in [5.74, 6) is -1.44. The topological polar surface area (TPSA) is 237 Å². The molecule has 0 aromatic heterocycles. The van der Waals surface area contributed by atoms with Gasteiger partial charge in [-0.3, -0.25) is 37.3 Å². The molecule has 0 aromatic rings. The number of phosphoric acid groups is 2. The van der Waals surface area contributed by atoms with Gasteiger partial charge < -0.3 is 33.8 Å². The van der Waals surface area contributed by atoms with Gasteiger partial charge in [0, 0.05) is 25.7 Å². The molecule has 19 heteroatoms. The molecular formula is C71H138O17P2. The number of phosphoric ester groups is 2. The molecule has 534 valence electrons. The van der Waals surface area contributed by atoms with E-state index in [-0.39, 0.29) is 25.7 Å². The third-order valence-corrected chi connectivity index (χ3v) is 18.4. The largest absolute Gasteiger partial charge is 0.472 e. The summed E-state index contributed by atoms with van der Waals surface area (Å²) in [6.45, 7) is 7.17. The molecule has 17 nitrogen and oxygen atoms in total. The van der Waals surface area contributed by atoms with Crippen LogP contribution in [-0.2, 0) is 65.4 Å². The van der Waals surface area contributed by atoms with Gasteiger partial charge in [0.15, 0.2) is 12.2 Å². The van der Waals surface area contributed by atoms with Gasteiger partial charge in [-0.15, -0.1) is 0 Å². The summed E-state index contributed by atoms with van der Waals surface area (Å²) in [4.78, 5) is 72.5. The van der Waals surface area contributed by atoms with E-state index in [4.69, 9.17) is 37.0 Å². The van der Waals surface area contributed by atoms with Crippen molar-refractivity contribution in [3.05, 3.63) is 0 Å². The quantitative estimate of drug-likeness (QED) is 0.0222. The lowest BCUT2D eigenvalue weighted by Crippen LogP contribution is -2.30. The maximum Gasteiger partial charge on any atom is 0.472 e. The molecule has 0 aliphatic carbocycles. The van der Waals surface area contributed by atoms with E-state index in [1.165, 1.54) is 186 Å². The highest BCUT2D eigenvalue weighted by Crippen LogP contribution is 2.45. The van der Waals surface area contributed by atoms with Crippen molar-refractivity contribution in [2.45, 2.75) is 387 Å². The van der Waals surface area contributed by atoms with Gasteiger partial charge >= 0.3 is 39.5 Å². The SMILES string of the molecule is CCCCCCCCCCCCCCCCCCCC(=O)O[C@H](COC(=O)CCCCCCCCCCCCCCC)COP(=O)(O)OC[C@@H](O)COP(=O)(O)OC[C@@H](COC(=O)CCCCCCCCC(C)C)OC(=O)CCCCCCCCCCCCC. The first-order valence-electron chi connectivity index (χ1n) is 37.1. The van der Waals surface area contributed by atoms with Gasteiger partial charge in [-0.05, 0) is 31.6 Å². The zero-order valence-electron chi connectivity index (χ0n) is 58.3. The molecule has 0 rings (SSSR count). The van der Waals surface area contributed by atoms with Crippen LogP contribution in [0.3, 0.4) is 0 Å². The van der Waals surface area contributed by atoms with Crippen molar-refractivity contribution in [3.8, 4) is 0 Å². The molecule has 0 radical (unpaired) electrons. The van der Waals surface area contributed by atoms with Crippen molar-refractivity contribution in [2.24, 2.45) is 5.92 Å². The van der Waals surface area contributed by atoms with Gasteiger partial charge in [0.25, 0.3) is 0 Å². The molecule has 0 bridgehead atoms. The van der Waals surface area contributed by atoms with Gasteiger partial charge in [-0.1, -0.05) is 317 Å². The Kier molecular flexibility index (Phi) is 63.0. The fourth-order valence-corrected chi connectivity index (χ4v) is 12.4. The summed E-state index contributed by atoms with van der Waals surface area (Å²) in [7, 11) is -9.90. The minimum atomic E-state index is -4.95. The van der Waals surface area contributed by atoms with Crippen molar-refractivity contribution in [2.75, 3.05) is 39.6 Å². The lowest BCUT2D eigenvalue weighted by Gasteiger charge is -2.21. The number of aliphatic hydroxyl groups is 1. The number of rotatable bonds is 71. The molecule has 0 spiro atoms. The molecule has 0 aromatic carbocycles. The number of hydrogen-bond donors (Lipinski definition) is 3. The number of unbranched alkanes of at least 4 members (excludes halogenated alkanes) is 43. The van der Waals surface area contributed by atoms with E-state index in [0.717, 1.165) is 96.3 Å². The van der Waals surface area contributed by atoms with Crippen LogP contribution in [0.4, 0.5) is 0 Å². The van der Waals surface area contributed by atoms with Crippen molar-refractivity contribution >= 4 is 39.5 Å². The summed E-state index contributed by atoms with van der Waals surface area (Å²) in [6, 6.07) is 0. The van der Waals surface area contributed by atoms with Crippen LogP contribution in [-0.4, -0.2) is 96.7 Å². The average Bonchev–Trinajstić information content (AvgIpc) is 3.07. The highest BCUT2D eigenvalue weighted by Gasteiger charge is 2.30. The highest BCUT2D eigenvalue weighted by atomic mass is 31.2. The van der Waals surface area contributed by atoms with Crippen molar-refractivity contribution < 1.29 is 80.2 Å². The van der Waals surface area contributed by atoms with Gasteiger partial charge in [0.2, 0.25) is 0 Å². The first-order chi connectivity index (χ1) is 43.5. The van der Waals surface area contributed by atoms with E-state index in [1.807, 2.05) is 0 Å². The van der Waals surface area contributed by atoms with E-state index in [9.17, 15) is 43.2 Å². The minimum Gasteiger partial charge on any atom is -0.462 e. The van der Waals surface area contributed by atoms with Gasteiger partial charge in [0.1, 0.15) is 19.3 Å². The minimum absolute atomic E-state index is 0.106. The molecule has 2 unspecified atom stereocenters. The zero-order valence-corrected chi connectivity index (χ0v) is 60.1. The highest BCUT2D eigenvalue weighted by molar-refractivity contribution is 7.47. The van der Waals surface area contributed by atoms with Crippen LogP contribution in [0.25, 0.3) is 0 Å². The molecule has 0 aliphatic heterocycles. The molecule has 0 amide bonds. The number of carbonyl (C=O) groups excluding carboxylic acids is 4. The van der Waals surface area contributed by atoms with Crippen LogP contribution in [0.2, 0.25) is 0 Å². The average molecular weight is 1330 g/mol. The number of hydrogen-bond acceptors (Lipinski definition) is 15. The van der Waals surface area contributed by atoms with E-state index in [2.05, 4.69) is 34.6 Å². The molecule has 0 aliphatic rings. The first kappa shape index (κ1) is 88.1. The number of carbonyl (C=O) groups is 4. The van der Waals surface area contributed by atoms with Crippen LogP contribution in [0, 0.1) is 5.92 Å². The van der Waals surface area contributed by atoms with Gasteiger partial charge in [-0.2, -0.15) is 0 Å². The lowest BCUT2D eigenvalue weighted by atomic mass is 10.0. The predicted molar refractivity (Wildman–Crippen MR) is 363 cm³/mol. The van der Waals surface area contributed by atoms with Crippen molar-refractivity contribution in [1.29, 1.82) is 0 Å². The second-order valence-corrected chi connectivity index (χ2v) is 29.0. The van der Waals surface area contributed by atoms with Crippen molar-refractivity contribution in [1.82, 2.24) is 0 Å². The number of ether oxygens (including phenoxy) is 4. The van der Waals surface area contributed by atoms with E-state index < -0.39 is 97.5 Å². The Morgan fingerprint density at radius 1 is 0.300 bits per heavy atom. The molecule has 0 fully saturated rings. The summed E-state index contributed by atoms with van der Waals surface area (Å²) in [5, 5.41) is 10.6. The Hall–Kier alpha value is -1.94. The Morgan fingerprint density at radius 3 is 0.756 bits per heavy atom. The molecule has 5 atom stereocenters. The van der Waals surface area contributed by atoms with Crippen molar-refractivity contribution in [3.63, 3.8) is 0 Å². The Morgan fingerprint density at radius 2 is 0.511 bits per heavy atom. The summed E-state index contributed by atoms with van der Waals surface area (Å²) >= 11 is 0. The van der Waals surface area contributed by atoms with E-state index >= 15 is 0 Å². The van der Waals surface area contributed by atoms with E-state index in [1.54, 1.807) is 0 Å². The van der Waals surface area contributed by atoms with Gasteiger partial charge in [-0.25, -0.2) is 9.13 Å². The second kappa shape index (κ2) is 64.4. The second-order valence-electron chi connectivity index (χ2n) is 26.1. The Balaban J connectivity index is 5.22. The Bertz CT molecular complexity index is 1740. The summed E-state index contributed by atoms with van der Waals surface area (Å²) in [5.41, 5.74) is 0. The maximum absolute atomic E-state index is 13.0. The van der Waals surface area contributed by atoms with E-state index in [0.29, 0.717) is 31.6 Å². The zero-order chi connectivity index (χ0) is 66.3. The lowest BCUT2D eigenvalue weighted by molar-refractivity contribution is -0.161. The fraction of sp³-hybridized carbons (Fsp3) is 0.944. The maximum atomic E-state index is 13.0. The number of aliphatic hydroxyl groups excluding tert-OH is 1. The third kappa shape index (κ3) is 64.8. The van der Waals surface area contributed by atoms with Crippen LogP contribution in [0.1, 0.15) is 369 Å². The third-order valence-electron chi connectivity index (χ3n) is 16.5. The predicted octanol–water partition coefficient (Wildman–Crippen LogP) is 20.5. The summed E-state index contributed by atoms with van der Waals surface area (Å²) < 4.78 is 68.3. The van der Waals surface area contributed by atoms with Gasteiger partial charge in [0.05, 0.1) is 26.4 Å². The van der Waals surface area contributed by atoms with Crippen LogP contribution in [0.5, 0.6) is 0 Å². The molecule has 90 heavy (non-hydrogen) atoms. The normalized spacial score (nSPS) is 14.1. The Labute approximate surface area is 549 Å². The molecule has 0 saturated carbocycles. The standard InChI is InChI=1S/C71H138O17P2/c1-6-9-12-15-18-21-24-26-27-28-29-31-34-37-40-47-52-57-71(76)87-66(60-81-68(73)54-49-44-38-35-33-30-25-22-19-16-13-10-7-2)62-85-89(77,78)83-58-65(72)59-84-90(79,80)86-63-67(61-82-69(74)55-50-45-42-41-43-48-53-64(4)5)88-70(75)56-51-46-39-36-32-23-20-17-14-11-8-3/h64-67,72H,6-63H2,1-5H3,(H,77,78)(H,79,80)/t65-,66-,67-/m1/s1. The smallest absolute Gasteiger partial charge is 0.462 e. The fourth-order valence-electron chi connectivity index (χ4n) is 10.8. The molecule has 3 N–H and O–H groups in total. The van der Waals surface area contributed by atoms with Crippen LogP contribution < -0.4 is 0 Å². The molecule has 0 saturated heterocycles.